The lowest BCUT2D eigenvalue weighted by molar-refractivity contribution is 0.448. The number of hydrogen-bond donors (Lipinski definition) is 1. The van der Waals surface area contributed by atoms with Crippen molar-refractivity contribution in [3.05, 3.63) is 24.0 Å². The fourth-order valence-electron chi connectivity index (χ4n) is 1.72. The second-order valence-corrected chi connectivity index (χ2v) is 6.37. The Morgan fingerprint density at radius 3 is 2.65 bits per heavy atom. The van der Waals surface area contributed by atoms with E-state index in [0.29, 0.717) is 12.5 Å². The molecule has 1 saturated carbocycles. The molecule has 2 N–H and O–H groups in total. The SMILES string of the molecule is CN(CC1CC1)S(=O)(=O)c1c(N)cccc1F. The molecular weight excluding hydrogens is 243 g/mol. The van der Waals surface area contributed by atoms with Crippen molar-refractivity contribution >= 4 is 15.7 Å². The van der Waals surface area contributed by atoms with Gasteiger partial charge in [0.2, 0.25) is 10.0 Å². The molecule has 17 heavy (non-hydrogen) atoms. The van der Waals surface area contributed by atoms with Crippen LogP contribution in [0.25, 0.3) is 0 Å². The Bertz CT molecular complexity index is 506. The predicted octanol–water partition coefficient (Wildman–Crippen LogP) is 1.44. The first-order valence-corrected chi connectivity index (χ1v) is 6.87. The summed E-state index contributed by atoms with van der Waals surface area (Å²) >= 11 is 0. The Morgan fingerprint density at radius 2 is 2.12 bits per heavy atom. The van der Waals surface area contributed by atoms with Gasteiger partial charge < -0.3 is 5.73 Å². The van der Waals surface area contributed by atoms with E-state index in [2.05, 4.69) is 0 Å². The first-order valence-electron chi connectivity index (χ1n) is 5.43. The van der Waals surface area contributed by atoms with Crippen molar-refractivity contribution in [3.63, 3.8) is 0 Å². The molecule has 4 nitrogen and oxygen atoms in total. The zero-order chi connectivity index (χ0) is 12.6. The van der Waals surface area contributed by atoms with Crippen LogP contribution >= 0.6 is 0 Å². The van der Waals surface area contributed by atoms with Gasteiger partial charge in [-0.25, -0.2) is 17.1 Å². The molecule has 94 valence electrons. The van der Waals surface area contributed by atoms with E-state index in [4.69, 9.17) is 5.73 Å². The maximum absolute atomic E-state index is 13.6. The highest BCUT2D eigenvalue weighted by Crippen LogP contribution is 2.32. The van der Waals surface area contributed by atoms with Gasteiger partial charge in [0, 0.05) is 13.6 Å². The number of sulfonamides is 1. The molecule has 0 atom stereocenters. The van der Waals surface area contributed by atoms with Crippen molar-refractivity contribution in [2.45, 2.75) is 17.7 Å². The lowest BCUT2D eigenvalue weighted by Crippen LogP contribution is -2.30. The zero-order valence-corrected chi connectivity index (χ0v) is 10.4. The first-order chi connectivity index (χ1) is 7.93. The number of nitrogen functional groups attached to an aromatic ring is 1. The summed E-state index contributed by atoms with van der Waals surface area (Å²) in [5, 5.41) is 0. The number of hydrogen-bond acceptors (Lipinski definition) is 3. The third-order valence-electron chi connectivity index (χ3n) is 2.88. The van der Waals surface area contributed by atoms with Crippen LogP contribution in [0.2, 0.25) is 0 Å². The van der Waals surface area contributed by atoms with Crippen LogP contribution in [0.3, 0.4) is 0 Å². The lowest BCUT2D eigenvalue weighted by atomic mass is 10.3. The molecule has 1 aliphatic rings. The van der Waals surface area contributed by atoms with Crippen molar-refractivity contribution in [2.75, 3.05) is 19.3 Å². The van der Waals surface area contributed by atoms with Crippen molar-refractivity contribution in [1.82, 2.24) is 4.31 Å². The van der Waals surface area contributed by atoms with E-state index in [1.807, 2.05) is 0 Å². The molecule has 1 fully saturated rings. The van der Waals surface area contributed by atoms with Gasteiger partial charge in [0.05, 0.1) is 5.69 Å². The predicted molar refractivity (Wildman–Crippen MR) is 63.4 cm³/mol. The number of benzene rings is 1. The third kappa shape index (κ3) is 2.42. The largest absolute Gasteiger partial charge is 0.398 e. The molecule has 0 bridgehead atoms. The number of anilines is 1. The van der Waals surface area contributed by atoms with E-state index in [-0.39, 0.29) is 5.69 Å². The highest BCUT2D eigenvalue weighted by molar-refractivity contribution is 7.89. The van der Waals surface area contributed by atoms with Crippen LogP contribution < -0.4 is 5.73 Å². The summed E-state index contributed by atoms with van der Waals surface area (Å²) in [5.74, 6) is -0.393. The van der Waals surface area contributed by atoms with E-state index in [0.717, 1.165) is 18.9 Å². The zero-order valence-electron chi connectivity index (χ0n) is 9.56. The van der Waals surface area contributed by atoms with E-state index in [1.165, 1.54) is 23.5 Å². The van der Waals surface area contributed by atoms with Gasteiger partial charge in [0.15, 0.2) is 0 Å². The number of rotatable bonds is 4. The molecule has 0 spiro atoms. The van der Waals surface area contributed by atoms with Gasteiger partial charge >= 0.3 is 0 Å². The average Bonchev–Trinajstić information content (AvgIpc) is 3.00. The molecule has 2 rings (SSSR count). The minimum atomic E-state index is -3.82. The van der Waals surface area contributed by atoms with Gasteiger partial charge in [-0.15, -0.1) is 0 Å². The minimum Gasteiger partial charge on any atom is -0.398 e. The van der Waals surface area contributed by atoms with Crippen molar-refractivity contribution in [3.8, 4) is 0 Å². The minimum absolute atomic E-state index is 0.0485. The fourth-order valence-corrected chi connectivity index (χ4v) is 3.11. The van der Waals surface area contributed by atoms with Crippen LogP contribution in [0.5, 0.6) is 0 Å². The Labute approximate surface area is 100 Å². The Kier molecular flexibility index (Phi) is 3.09. The van der Waals surface area contributed by atoms with Crippen LogP contribution in [0.4, 0.5) is 10.1 Å². The Hall–Kier alpha value is -1.14. The van der Waals surface area contributed by atoms with Crippen LogP contribution in [0, 0.1) is 11.7 Å². The molecule has 0 saturated heterocycles. The molecular formula is C11H15FN2O2S. The molecule has 0 amide bonds. The van der Waals surface area contributed by atoms with E-state index in [9.17, 15) is 12.8 Å². The molecule has 0 aliphatic heterocycles. The second-order valence-electron chi connectivity index (χ2n) is 4.39. The molecule has 1 aliphatic carbocycles. The van der Waals surface area contributed by atoms with Gasteiger partial charge in [-0.05, 0) is 30.9 Å². The van der Waals surface area contributed by atoms with Gasteiger partial charge in [-0.1, -0.05) is 6.07 Å². The molecule has 6 heteroatoms. The van der Waals surface area contributed by atoms with Crippen LogP contribution in [-0.2, 0) is 10.0 Å². The fraction of sp³-hybridized carbons (Fsp3) is 0.455. The standard InChI is InChI=1S/C11H15FN2O2S/c1-14(7-8-5-6-8)17(15,16)11-9(12)3-2-4-10(11)13/h2-4,8H,5-7,13H2,1H3. The quantitative estimate of drug-likeness (QED) is 0.831. The second kappa shape index (κ2) is 4.27. The third-order valence-corrected chi connectivity index (χ3v) is 4.79. The topological polar surface area (TPSA) is 63.4 Å². The Balaban J connectivity index is 2.36. The van der Waals surface area contributed by atoms with Crippen molar-refractivity contribution in [2.24, 2.45) is 5.92 Å². The molecule has 1 aromatic rings. The number of halogens is 1. The number of nitrogens with two attached hydrogens (primary N) is 1. The summed E-state index contributed by atoms with van der Waals surface area (Å²) in [7, 11) is -2.36. The molecule has 0 aromatic heterocycles. The van der Waals surface area contributed by atoms with Gasteiger partial charge in [-0.2, -0.15) is 0 Å². The van der Waals surface area contributed by atoms with Gasteiger partial charge in [0.1, 0.15) is 10.7 Å². The monoisotopic (exact) mass is 258 g/mol. The average molecular weight is 258 g/mol. The number of nitrogens with zero attached hydrogens (tertiary/aromatic N) is 1. The maximum Gasteiger partial charge on any atom is 0.247 e. The van der Waals surface area contributed by atoms with Crippen molar-refractivity contribution < 1.29 is 12.8 Å². The molecule has 0 radical (unpaired) electrons. The summed E-state index contributed by atoms with van der Waals surface area (Å²) in [6.07, 6.45) is 2.07. The van der Waals surface area contributed by atoms with E-state index >= 15 is 0 Å². The molecule has 1 aromatic carbocycles. The summed E-state index contributed by atoms with van der Waals surface area (Å²) in [5.41, 5.74) is 5.50. The normalized spacial score (nSPS) is 16.4. The molecule has 0 heterocycles. The summed E-state index contributed by atoms with van der Waals surface area (Å²) < 4.78 is 39.0. The summed E-state index contributed by atoms with van der Waals surface area (Å²) in [6, 6.07) is 3.89. The summed E-state index contributed by atoms with van der Waals surface area (Å²) in [4.78, 5) is -0.414. The highest BCUT2D eigenvalue weighted by atomic mass is 32.2. The van der Waals surface area contributed by atoms with Crippen molar-refractivity contribution in [1.29, 1.82) is 0 Å². The summed E-state index contributed by atoms with van der Waals surface area (Å²) in [6.45, 7) is 0.427. The molecule has 0 unspecified atom stereocenters. The van der Waals surface area contributed by atoms with Crippen LogP contribution in [-0.4, -0.2) is 26.3 Å². The van der Waals surface area contributed by atoms with E-state index in [1.54, 1.807) is 0 Å². The van der Waals surface area contributed by atoms with Crippen LogP contribution in [0.15, 0.2) is 23.1 Å². The first kappa shape index (κ1) is 12.3. The maximum atomic E-state index is 13.6. The van der Waals surface area contributed by atoms with Crippen LogP contribution in [0.1, 0.15) is 12.8 Å². The highest BCUT2D eigenvalue weighted by Gasteiger charge is 2.31. The Morgan fingerprint density at radius 1 is 1.47 bits per heavy atom. The smallest absolute Gasteiger partial charge is 0.247 e. The lowest BCUT2D eigenvalue weighted by Gasteiger charge is -2.18. The van der Waals surface area contributed by atoms with Gasteiger partial charge in [0.25, 0.3) is 0 Å². The van der Waals surface area contributed by atoms with E-state index < -0.39 is 20.7 Å². The van der Waals surface area contributed by atoms with Gasteiger partial charge in [-0.3, -0.25) is 0 Å².